The molecule has 0 aliphatic heterocycles. The smallest absolute Gasteiger partial charge is 0.265 e. The number of sulfonamides is 1. The average Bonchev–Trinajstić information content (AvgIpc) is 3.20. The van der Waals surface area contributed by atoms with Crippen molar-refractivity contribution in [3.05, 3.63) is 96.2 Å². The predicted octanol–water partition coefficient (Wildman–Crippen LogP) is 4.72. The van der Waals surface area contributed by atoms with Gasteiger partial charge in [-0.1, -0.05) is 66.7 Å². The van der Waals surface area contributed by atoms with Crippen molar-refractivity contribution in [3.63, 3.8) is 0 Å². The van der Waals surface area contributed by atoms with Crippen molar-refractivity contribution >= 4 is 15.7 Å². The normalized spacial score (nSPS) is 11.3. The summed E-state index contributed by atoms with van der Waals surface area (Å²) >= 11 is 0. The number of anilines is 1. The van der Waals surface area contributed by atoms with E-state index >= 15 is 0 Å². The lowest BCUT2D eigenvalue weighted by Gasteiger charge is -2.12. The van der Waals surface area contributed by atoms with Crippen molar-refractivity contribution in [1.82, 2.24) is 9.78 Å². The molecule has 4 rings (SSSR count). The SMILES string of the molecule is COc1ccc(C)cc1NS(=O)(=O)c1cn(Cc2ccccc2)nc1-c1ccccc1. The molecule has 0 bridgehead atoms. The number of rotatable bonds is 7. The number of benzene rings is 3. The van der Waals surface area contributed by atoms with E-state index in [0.29, 0.717) is 23.7 Å². The third kappa shape index (κ3) is 4.62. The van der Waals surface area contributed by atoms with Crippen LogP contribution in [0, 0.1) is 6.92 Å². The number of hydrogen-bond acceptors (Lipinski definition) is 4. The first-order chi connectivity index (χ1) is 15.0. The quantitative estimate of drug-likeness (QED) is 0.458. The second kappa shape index (κ2) is 8.65. The molecule has 0 amide bonds. The summed E-state index contributed by atoms with van der Waals surface area (Å²) < 4.78 is 36.5. The van der Waals surface area contributed by atoms with Gasteiger partial charge in [-0.2, -0.15) is 5.10 Å². The molecule has 4 aromatic rings. The summed E-state index contributed by atoms with van der Waals surface area (Å²) in [5.74, 6) is 0.451. The van der Waals surface area contributed by atoms with Crippen LogP contribution in [0.2, 0.25) is 0 Å². The van der Waals surface area contributed by atoms with Crippen LogP contribution in [-0.4, -0.2) is 25.3 Å². The van der Waals surface area contributed by atoms with Gasteiger partial charge >= 0.3 is 0 Å². The van der Waals surface area contributed by atoms with Gasteiger partial charge in [0.1, 0.15) is 16.3 Å². The molecule has 0 atom stereocenters. The van der Waals surface area contributed by atoms with Crippen molar-refractivity contribution in [2.75, 3.05) is 11.8 Å². The van der Waals surface area contributed by atoms with Crippen LogP contribution in [-0.2, 0) is 16.6 Å². The van der Waals surface area contributed by atoms with Crippen LogP contribution in [0.5, 0.6) is 5.75 Å². The number of aromatic nitrogens is 2. The molecule has 0 radical (unpaired) electrons. The summed E-state index contributed by atoms with van der Waals surface area (Å²) in [4.78, 5) is 0.109. The molecule has 158 valence electrons. The summed E-state index contributed by atoms with van der Waals surface area (Å²) in [6.45, 7) is 2.36. The third-order valence-corrected chi connectivity index (χ3v) is 6.22. The zero-order valence-electron chi connectivity index (χ0n) is 17.3. The van der Waals surface area contributed by atoms with Crippen LogP contribution in [0.3, 0.4) is 0 Å². The van der Waals surface area contributed by atoms with Gasteiger partial charge in [-0.05, 0) is 30.2 Å². The number of nitrogens with one attached hydrogen (secondary N) is 1. The van der Waals surface area contributed by atoms with Crippen molar-refractivity contribution in [2.45, 2.75) is 18.4 Å². The van der Waals surface area contributed by atoms with Crippen LogP contribution in [0.25, 0.3) is 11.3 Å². The van der Waals surface area contributed by atoms with Crippen LogP contribution in [0.1, 0.15) is 11.1 Å². The third-order valence-electron chi connectivity index (χ3n) is 4.85. The fourth-order valence-corrected chi connectivity index (χ4v) is 4.58. The average molecular weight is 434 g/mol. The summed E-state index contributed by atoms with van der Waals surface area (Å²) in [7, 11) is -2.42. The van der Waals surface area contributed by atoms with E-state index < -0.39 is 10.0 Å². The minimum Gasteiger partial charge on any atom is -0.495 e. The van der Waals surface area contributed by atoms with E-state index in [-0.39, 0.29) is 4.90 Å². The molecular weight excluding hydrogens is 410 g/mol. The summed E-state index contributed by atoms with van der Waals surface area (Å²) in [6, 6.07) is 24.4. The van der Waals surface area contributed by atoms with Gasteiger partial charge in [-0.15, -0.1) is 0 Å². The Morgan fingerprint density at radius 1 is 0.968 bits per heavy atom. The summed E-state index contributed by atoms with van der Waals surface area (Å²) in [5.41, 5.74) is 3.46. The van der Waals surface area contributed by atoms with E-state index in [1.54, 1.807) is 23.0 Å². The number of ether oxygens (including phenoxy) is 1. The zero-order valence-corrected chi connectivity index (χ0v) is 18.1. The van der Waals surface area contributed by atoms with Gasteiger partial charge in [0.2, 0.25) is 0 Å². The summed E-state index contributed by atoms with van der Waals surface area (Å²) in [6.07, 6.45) is 1.57. The standard InChI is InChI=1S/C24H23N3O3S/c1-18-13-14-22(30-2)21(15-18)26-31(28,29)23-17-27(16-19-9-5-3-6-10-19)25-24(23)20-11-7-4-8-12-20/h3-15,17,26H,16H2,1-2H3. The van der Waals surface area contributed by atoms with Crippen molar-refractivity contribution in [3.8, 4) is 17.0 Å². The number of hydrogen-bond donors (Lipinski definition) is 1. The minimum absolute atomic E-state index is 0.109. The maximum absolute atomic E-state index is 13.4. The first-order valence-corrected chi connectivity index (χ1v) is 11.3. The maximum atomic E-state index is 13.4. The van der Waals surface area contributed by atoms with Gasteiger partial charge in [0.25, 0.3) is 10.0 Å². The fourth-order valence-electron chi connectivity index (χ4n) is 3.35. The molecule has 1 N–H and O–H groups in total. The van der Waals surface area contributed by atoms with Crippen LogP contribution in [0.15, 0.2) is 90.0 Å². The topological polar surface area (TPSA) is 73.2 Å². The monoisotopic (exact) mass is 433 g/mol. The van der Waals surface area contributed by atoms with E-state index in [1.807, 2.05) is 73.7 Å². The van der Waals surface area contributed by atoms with Crippen molar-refractivity contribution < 1.29 is 13.2 Å². The van der Waals surface area contributed by atoms with E-state index in [4.69, 9.17) is 4.74 Å². The fraction of sp³-hybridized carbons (Fsp3) is 0.125. The Balaban J connectivity index is 1.77. The molecule has 0 spiro atoms. The molecule has 3 aromatic carbocycles. The van der Waals surface area contributed by atoms with Gasteiger partial charge in [0.05, 0.1) is 19.3 Å². The molecule has 6 nitrogen and oxygen atoms in total. The maximum Gasteiger partial charge on any atom is 0.265 e. The molecule has 7 heteroatoms. The van der Waals surface area contributed by atoms with Gasteiger partial charge in [0.15, 0.2) is 0 Å². The Labute approximate surface area is 182 Å². The predicted molar refractivity (Wildman–Crippen MR) is 122 cm³/mol. The van der Waals surface area contributed by atoms with Crippen LogP contribution in [0.4, 0.5) is 5.69 Å². The second-order valence-corrected chi connectivity index (χ2v) is 8.85. The molecule has 31 heavy (non-hydrogen) atoms. The lowest BCUT2D eigenvalue weighted by molar-refractivity contribution is 0.417. The Hall–Kier alpha value is -3.58. The Bertz CT molecular complexity index is 1280. The molecule has 0 saturated heterocycles. The largest absolute Gasteiger partial charge is 0.495 e. The van der Waals surface area contributed by atoms with E-state index in [9.17, 15) is 8.42 Å². The van der Waals surface area contributed by atoms with Crippen LogP contribution < -0.4 is 9.46 Å². The van der Waals surface area contributed by atoms with Crippen molar-refractivity contribution in [2.24, 2.45) is 0 Å². The van der Waals surface area contributed by atoms with E-state index in [2.05, 4.69) is 9.82 Å². The first kappa shape index (κ1) is 20.7. The lowest BCUT2D eigenvalue weighted by Crippen LogP contribution is -2.14. The molecule has 0 aliphatic carbocycles. The highest BCUT2D eigenvalue weighted by atomic mass is 32.2. The molecule has 0 saturated carbocycles. The molecule has 0 aliphatic rings. The Morgan fingerprint density at radius 2 is 1.65 bits per heavy atom. The number of nitrogens with zero attached hydrogens (tertiary/aromatic N) is 2. The second-order valence-electron chi connectivity index (χ2n) is 7.20. The molecule has 1 heterocycles. The molecule has 1 aromatic heterocycles. The first-order valence-electron chi connectivity index (χ1n) is 9.80. The van der Waals surface area contributed by atoms with E-state index in [0.717, 1.165) is 16.7 Å². The lowest BCUT2D eigenvalue weighted by atomic mass is 10.2. The molecule has 0 fully saturated rings. The number of aryl methyl sites for hydroxylation is 1. The number of methoxy groups -OCH3 is 1. The zero-order chi connectivity index (χ0) is 21.8. The highest BCUT2D eigenvalue weighted by Crippen LogP contribution is 2.31. The summed E-state index contributed by atoms with van der Waals surface area (Å²) in [5, 5.41) is 4.61. The van der Waals surface area contributed by atoms with E-state index in [1.165, 1.54) is 7.11 Å². The molecule has 0 unspecified atom stereocenters. The van der Waals surface area contributed by atoms with Gasteiger partial charge < -0.3 is 4.74 Å². The minimum atomic E-state index is -3.93. The highest BCUT2D eigenvalue weighted by molar-refractivity contribution is 7.92. The van der Waals surface area contributed by atoms with Crippen molar-refractivity contribution in [1.29, 1.82) is 0 Å². The van der Waals surface area contributed by atoms with Gasteiger partial charge in [-0.3, -0.25) is 9.40 Å². The van der Waals surface area contributed by atoms with Gasteiger partial charge in [0, 0.05) is 11.8 Å². The highest BCUT2D eigenvalue weighted by Gasteiger charge is 2.25. The Kier molecular flexibility index (Phi) is 5.77. The van der Waals surface area contributed by atoms with Gasteiger partial charge in [-0.25, -0.2) is 8.42 Å². The van der Waals surface area contributed by atoms with Crippen LogP contribution >= 0.6 is 0 Å². The molecular formula is C24H23N3O3S. The Morgan fingerprint density at radius 3 is 2.32 bits per heavy atom.